The van der Waals surface area contributed by atoms with Crippen LogP contribution in [0.3, 0.4) is 0 Å². The molecule has 1 heterocycles. The average molecular weight is 277 g/mol. The van der Waals surface area contributed by atoms with Crippen LogP contribution >= 0.6 is 0 Å². The minimum Gasteiger partial charge on any atom is -0.482 e. The summed E-state index contributed by atoms with van der Waals surface area (Å²) in [5.74, 6) is 0.239. The second-order valence-electron chi connectivity index (χ2n) is 4.44. The highest BCUT2D eigenvalue weighted by atomic mass is 16.6. The Morgan fingerprint density at radius 1 is 1.25 bits per heavy atom. The molecule has 0 amide bonds. The van der Waals surface area contributed by atoms with E-state index >= 15 is 0 Å². The van der Waals surface area contributed by atoms with Crippen LogP contribution in [-0.2, 0) is 9.53 Å². The third kappa shape index (κ3) is 4.53. The predicted octanol–water partition coefficient (Wildman–Crippen LogP) is 2.72. The van der Waals surface area contributed by atoms with Crippen LogP contribution in [0.5, 0.6) is 5.75 Å². The maximum Gasteiger partial charge on any atom is 0.344 e. The van der Waals surface area contributed by atoms with Crippen molar-refractivity contribution < 1.29 is 14.3 Å². The monoisotopic (exact) mass is 277 g/mol. The summed E-state index contributed by atoms with van der Waals surface area (Å²) in [5.41, 5.74) is 0.764. The quantitative estimate of drug-likeness (QED) is 0.592. The minimum atomic E-state index is -0.370. The number of benzene rings is 1. The fourth-order valence-corrected chi connectivity index (χ4v) is 1.86. The normalized spacial score (nSPS) is 14.8. The lowest BCUT2D eigenvalue weighted by Gasteiger charge is -2.07. The van der Waals surface area contributed by atoms with E-state index in [4.69, 9.17) is 9.47 Å². The van der Waals surface area contributed by atoms with Crippen LogP contribution in [0.25, 0.3) is 0 Å². The smallest absolute Gasteiger partial charge is 0.344 e. The SMILES string of the molecule is CCOC(=O)COc1ccc(N=NN2CCCC2)cc1. The summed E-state index contributed by atoms with van der Waals surface area (Å²) in [6.45, 7) is 3.99. The number of hydrogen-bond acceptors (Lipinski definition) is 5. The third-order valence-electron chi connectivity index (χ3n) is 2.87. The average Bonchev–Trinajstić information content (AvgIpc) is 2.98. The molecule has 1 aliphatic rings. The van der Waals surface area contributed by atoms with Gasteiger partial charge in [0.25, 0.3) is 0 Å². The molecule has 0 aromatic heterocycles. The molecular formula is C14H19N3O3. The van der Waals surface area contributed by atoms with Crippen molar-refractivity contribution >= 4 is 11.7 Å². The van der Waals surface area contributed by atoms with E-state index in [1.54, 1.807) is 31.2 Å². The van der Waals surface area contributed by atoms with E-state index in [1.807, 2.05) is 5.01 Å². The van der Waals surface area contributed by atoms with E-state index < -0.39 is 0 Å². The van der Waals surface area contributed by atoms with Gasteiger partial charge in [-0.15, -0.1) is 5.11 Å². The highest BCUT2D eigenvalue weighted by Crippen LogP contribution is 2.19. The molecule has 0 unspecified atom stereocenters. The standard InChI is InChI=1S/C14H19N3O3/c1-2-19-14(18)11-20-13-7-5-12(6-8-13)15-16-17-9-3-4-10-17/h5-8H,2-4,9-11H2,1H3. The Labute approximate surface area is 118 Å². The molecule has 0 radical (unpaired) electrons. The second-order valence-corrected chi connectivity index (χ2v) is 4.44. The summed E-state index contributed by atoms with van der Waals surface area (Å²) >= 11 is 0. The largest absolute Gasteiger partial charge is 0.482 e. The van der Waals surface area contributed by atoms with Crippen LogP contribution in [0, 0.1) is 0 Å². The van der Waals surface area contributed by atoms with Gasteiger partial charge in [0, 0.05) is 13.1 Å². The highest BCUT2D eigenvalue weighted by molar-refractivity contribution is 5.71. The zero-order valence-corrected chi connectivity index (χ0v) is 11.6. The summed E-state index contributed by atoms with van der Waals surface area (Å²) in [5, 5.41) is 10.3. The molecule has 6 heteroatoms. The first-order valence-electron chi connectivity index (χ1n) is 6.83. The number of rotatable bonds is 6. The van der Waals surface area contributed by atoms with E-state index in [1.165, 1.54) is 12.8 Å². The van der Waals surface area contributed by atoms with Crippen LogP contribution in [0.1, 0.15) is 19.8 Å². The fraction of sp³-hybridized carbons (Fsp3) is 0.500. The molecule has 2 rings (SSSR count). The van der Waals surface area contributed by atoms with E-state index in [-0.39, 0.29) is 12.6 Å². The van der Waals surface area contributed by atoms with E-state index in [0.29, 0.717) is 12.4 Å². The van der Waals surface area contributed by atoms with Crippen molar-refractivity contribution in [2.45, 2.75) is 19.8 Å². The van der Waals surface area contributed by atoms with Crippen molar-refractivity contribution in [1.82, 2.24) is 5.01 Å². The number of nitrogens with zero attached hydrogens (tertiary/aromatic N) is 3. The van der Waals surface area contributed by atoms with Crippen molar-refractivity contribution in [3.05, 3.63) is 24.3 Å². The minimum absolute atomic E-state index is 0.0809. The molecule has 1 aromatic rings. The number of ether oxygens (including phenoxy) is 2. The Morgan fingerprint density at radius 3 is 2.60 bits per heavy atom. The molecule has 20 heavy (non-hydrogen) atoms. The molecule has 0 aliphatic carbocycles. The topological polar surface area (TPSA) is 63.5 Å². The van der Waals surface area contributed by atoms with Gasteiger partial charge >= 0.3 is 5.97 Å². The number of esters is 1. The van der Waals surface area contributed by atoms with Crippen molar-refractivity contribution in [1.29, 1.82) is 0 Å². The summed E-state index contributed by atoms with van der Waals surface area (Å²) in [7, 11) is 0. The Morgan fingerprint density at radius 2 is 1.95 bits per heavy atom. The maximum absolute atomic E-state index is 11.1. The zero-order valence-electron chi connectivity index (χ0n) is 11.6. The Kier molecular flexibility index (Phi) is 5.34. The van der Waals surface area contributed by atoms with Gasteiger partial charge in [0.1, 0.15) is 5.75 Å². The molecule has 1 saturated heterocycles. The molecule has 1 aliphatic heterocycles. The molecule has 0 bridgehead atoms. The van der Waals surface area contributed by atoms with Crippen molar-refractivity contribution in [3.63, 3.8) is 0 Å². The molecule has 0 atom stereocenters. The highest BCUT2D eigenvalue weighted by Gasteiger charge is 2.08. The predicted molar refractivity (Wildman–Crippen MR) is 73.9 cm³/mol. The van der Waals surface area contributed by atoms with Gasteiger partial charge in [-0.05, 0) is 44.0 Å². The van der Waals surface area contributed by atoms with Gasteiger partial charge in [-0.25, -0.2) is 4.79 Å². The number of carbonyl (C=O) groups excluding carboxylic acids is 1. The summed E-state index contributed by atoms with van der Waals surface area (Å²) in [4.78, 5) is 11.1. The van der Waals surface area contributed by atoms with Crippen LogP contribution in [0.4, 0.5) is 5.69 Å². The first-order valence-corrected chi connectivity index (χ1v) is 6.83. The van der Waals surface area contributed by atoms with Gasteiger partial charge in [-0.2, -0.15) is 0 Å². The zero-order chi connectivity index (χ0) is 14.2. The Bertz CT molecular complexity index is 453. The van der Waals surface area contributed by atoms with Gasteiger partial charge in [0.05, 0.1) is 12.3 Å². The number of carbonyl (C=O) groups is 1. The Hall–Kier alpha value is -2.11. The molecule has 6 nitrogen and oxygen atoms in total. The number of hydrogen-bond donors (Lipinski definition) is 0. The van der Waals surface area contributed by atoms with Crippen LogP contribution < -0.4 is 4.74 Å². The van der Waals surface area contributed by atoms with Crippen LogP contribution in [0.2, 0.25) is 0 Å². The van der Waals surface area contributed by atoms with Crippen LogP contribution in [-0.4, -0.2) is 37.3 Å². The summed E-state index contributed by atoms with van der Waals surface area (Å²) in [6.07, 6.45) is 2.36. The molecule has 108 valence electrons. The fourth-order valence-electron chi connectivity index (χ4n) is 1.86. The molecule has 1 aromatic carbocycles. The van der Waals surface area contributed by atoms with Gasteiger partial charge in [-0.1, -0.05) is 5.22 Å². The molecule has 1 fully saturated rings. The van der Waals surface area contributed by atoms with E-state index in [9.17, 15) is 4.79 Å². The summed E-state index contributed by atoms with van der Waals surface area (Å²) < 4.78 is 10.1. The maximum atomic E-state index is 11.1. The van der Waals surface area contributed by atoms with E-state index in [2.05, 4.69) is 10.3 Å². The molecular weight excluding hydrogens is 258 g/mol. The third-order valence-corrected chi connectivity index (χ3v) is 2.87. The van der Waals surface area contributed by atoms with Gasteiger partial charge in [0.2, 0.25) is 0 Å². The van der Waals surface area contributed by atoms with Crippen molar-refractivity contribution in [2.24, 2.45) is 10.3 Å². The first-order chi connectivity index (χ1) is 9.78. The van der Waals surface area contributed by atoms with Crippen molar-refractivity contribution in [3.8, 4) is 5.75 Å². The lowest BCUT2D eigenvalue weighted by Crippen LogP contribution is -2.14. The lowest BCUT2D eigenvalue weighted by molar-refractivity contribution is -0.145. The molecule has 0 saturated carbocycles. The molecule has 0 spiro atoms. The van der Waals surface area contributed by atoms with Gasteiger partial charge < -0.3 is 9.47 Å². The Balaban J connectivity index is 1.81. The second kappa shape index (κ2) is 7.47. The lowest BCUT2D eigenvalue weighted by atomic mass is 10.3. The summed E-state index contributed by atoms with van der Waals surface area (Å²) in [6, 6.07) is 7.13. The van der Waals surface area contributed by atoms with Crippen LogP contribution in [0.15, 0.2) is 34.6 Å². The molecule has 0 N–H and O–H groups in total. The van der Waals surface area contributed by atoms with Gasteiger partial charge in [0.15, 0.2) is 6.61 Å². The van der Waals surface area contributed by atoms with Gasteiger partial charge in [-0.3, -0.25) is 5.01 Å². The van der Waals surface area contributed by atoms with E-state index in [0.717, 1.165) is 18.8 Å². The van der Waals surface area contributed by atoms with Crippen molar-refractivity contribution in [2.75, 3.05) is 26.3 Å². The first kappa shape index (κ1) is 14.3.